The number of nitrogens with zero attached hydrogens (tertiary/aromatic N) is 1. The Morgan fingerprint density at radius 3 is 2.62 bits per heavy atom. The van der Waals surface area contributed by atoms with Crippen LogP contribution >= 0.6 is 0 Å². The number of hydrogen-bond donors (Lipinski definition) is 1. The van der Waals surface area contributed by atoms with Crippen molar-refractivity contribution >= 4 is 5.82 Å². The maximum absolute atomic E-state index is 12.6. The fourth-order valence-electron chi connectivity index (χ4n) is 1.85. The molecular formula is C14H15F3N2O2. The molecule has 0 aromatic carbocycles. The van der Waals surface area contributed by atoms with Gasteiger partial charge in [0.25, 0.3) is 0 Å². The maximum Gasteiger partial charge on any atom is 0.433 e. The van der Waals surface area contributed by atoms with Crippen LogP contribution < -0.4 is 5.32 Å². The van der Waals surface area contributed by atoms with E-state index in [-0.39, 0.29) is 12.4 Å². The largest absolute Gasteiger partial charge is 0.464 e. The highest BCUT2D eigenvalue weighted by Crippen LogP contribution is 2.29. The Hall–Kier alpha value is -2.02. The lowest BCUT2D eigenvalue weighted by Crippen LogP contribution is -2.17. The van der Waals surface area contributed by atoms with Gasteiger partial charge in [-0.25, -0.2) is 4.98 Å². The summed E-state index contributed by atoms with van der Waals surface area (Å²) in [6.45, 7) is 2.03. The summed E-state index contributed by atoms with van der Waals surface area (Å²) < 4.78 is 48.5. The van der Waals surface area contributed by atoms with Gasteiger partial charge in [-0.2, -0.15) is 13.2 Å². The van der Waals surface area contributed by atoms with Gasteiger partial charge in [0.2, 0.25) is 0 Å². The molecular weight excluding hydrogens is 285 g/mol. The van der Waals surface area contributed by atoms with Crippen molar-refractivity contribution < 1.29 is 22.3 Å². The SMILES string of the molecule is COCC(Nc1cccc(C(F)(F)F)n1)c1ccc(C)o1. The van der Waals surface area contributed by atoms with Gasteiger partial charge in [-0.15, -0.1) is 0 Å². The van der Waals surface area contributed by atoms with Gasteiger partial charge >= 0.3 is 6.18 Å². The summed E-state index contributed by atoms with van der Waals surface area (Å²) in [5, 5.41) is 2.89. The predicted octanol–water partition coefficient (Wildman–Crippen LogP) is 3.80. The number of halogens is 3. The van der Waals surface area contributed by atoms with Crippen molar-refractivity contribution in [1.82, 2.24) is 4.98 Å². The Morgan fingerprint density at radius 1 is 1.29 bits per heavy atom. The average molecular weight is 300 g/mol. The summed E-state index contributed by atoms with van der Waals surface area (Å²) in [5.41, 5.74) is -0.945. The molecule has 0 spiro atoms. The van der Waals surface area contributed by atoms with Gasteiger partial charge < -0.3 is 14.5 Å². The number of aryl methyl sites for hydroxylation is 1. The molecule has 2 heterocycles. The van der Waals surface area contributed by atoms with E-state index in [1.165, 1.54) is 19.2 Å². The van der Waals surface area contributed by atoms with E-state index in [1.54, 1.807) is 19.1 Å². The first kappa shape index (κ1) is 15.4. The van der Waals surface area contributed by atoms with Crippen LogP contribution in [-0.2, 0) is 10.9 Å². The minimum Gasteiger partial charge on any atom is -0.464 e. The molecule has 4 nitrogen and oxygen atoms in total. The number of furan rings is 1. The summed E-state index contributed by atoms with van der Waals surface area (Å²) in [6.07, 6.45) is -4.48. The highest BCUT2D eigenvalue weighted by molar-refractivity contribution is 5.38. The molecule has 0 bridgehead atoms. The number of ether oxygens (including phenoxy) is 1. The minimum atomic E-state index is -4.48. The molecule has 0 aliphatic carbocycles. The van der Waals surface area contributed by atoms with E-state index in [0.29, 0.717) is 11.5 Å². The number of methoxy groups -OCH3 is 1. The molecule has 0 fully saturated rings. The second-order valence-electron chi connectivity index (χ2n) is 4.51. The highest BCUT2D eigenvalue weighted by Gasteiger charge is 2.32. The number of aromatic nitrogens is 1. The van der Waals surface area contributed by atoms with Gasteiger partial charge in [-0.1, -0.05) is 6.07 Å². The van der Waals surface area contributed by atoms with Crippen molar-refractivity contribution in [1.29, 1.82) is 0 Å². The third-order valence-corrected chi connectivity index (χ3v) is 2.80. The Kier molecular flexibility index (Phi) is 4.52. The van der Waals surface area contributed by atoms with E-state index >= 15 is 0 Å². The molecule has 2 aromatic heterocycles. The van der Waals surface area contributed by atoms with Crippen LogP contribution in [0.5, 0.6) is 0 Å². The number of rotatable bonds is 5. The lowest BCUT2D eigenvalue weighted by atomic mass is 10.2. The lowest BCUT2D eigenvalue weighted by Gasteiger charge is -2.17. The van der Waals surface area contributed by atoms with Gasteiger partial charge in [0.05, 0.1) is 6.61 Å². The molecule has 21 heavy (non-hydrogen) atoms. The first-order valence-corrected chi connectivity index (χ1v) is 6.26. The van der Waals surface area contributed by atoms with Crippen molar-refractivity contribution in [3.05, 3.63) is 47.5 Å². The fraction of sp³-hybridized carbons (Fsp3) is 0.357. The molecule has 0 saturated carbocycles. The quantitative estimate of drug-likeness (QED) is 0.912. The van der Waals surface area contributed by atoms with Gasteiger partial charge in [0.1, 0.15) is 29.1 Å². The average Bonchev–Trinajstić information content (AvgIpc) is 2.84. The summed E-state index contributed by atoms with van der Waals surface area (Å²) >= 11 is 0. The normalized spacial score (nSPS) is 13.2. The second kappa shape index (κ2) is 6.17. The Bertz CT molecular complexity index is 596. The first-order valence-electron chi connectivity index (χ1n) is 6.26. The zero-order valence-corrected chi connectivity index (χ0v) is 11.6. The number of pyridine rings is 1. The summed E-state index contributed by atoms with van der Waals surface area (Å²) in [6, 6.07) is 6.80. The minimum absolute atomic E-state index is 0.112. The van der Waals surface area contributed by atoms with Crippen molar-refractivity contribution in [3.63, 3.8) is 0 Å². The lowest BCUT2D eigenvalue weighted by molar-refractivity contribution is -0.141. The number of anilines is 1. The molecule has 2 rings (SSSR count). The fourth-order valence-corrected chi connectivity index (χ4v) is 1.85. The third kappa shape index (κ3) is 3.98. The molecule has 0 radical (unpaired) electrons. The standard InChI is InChI=1S/C14H15F3N2O2/c1-9-6-7-11(21-9)10(8-20-2)18-13-5-3-4-12(19-13)14(15,16)17/h3-7,10H,8H2,1-2H3,(H,18,19). The summed E-state index contributed by atoms with van der Waals surface area (Å²) in [5.74, 6) is 1.40. The van der Waals surface area contributed by atoms with Crippen molar-refractivity contribution in [2.45, 2.75) is 19.1 Å². The molecule has 1 N–H and O–H groups in total. The third-order valence-electron chi connectivity index (χ3n) is 2.80. The zero-order valence-electron chi connectivity index (χ0n) is 11.6. The molecule has 0 aliphatic heterocycles. The molecule has 1 unspecified atom stereocenters. The zero-order chi connectivity index (χ0) is 15.5. The summed E-state index contributed by atoms with van der Waals surface area (Å²) in [4.78, 5) is 3.57. The van der Waals surface area contributed by atoms with Crippen molar-refractivity contribution in [2.24, 2.45) is 0 Å². The van der Waals surface area contributed by atoms with Crippen molar-refractivity contribution in [2.75, 3.05) is 19.0 Å². The van der Waals surface area contributed by atoms with Crippen LogP contribution in [0.4, 0.5) is 19.0 Å². The van der Waals surface area contributed by atoms with Gasteiger partial charge in [0, 0.05) is 7.11 Å². The van der Waals surface area contributed by atoms with Crippen LogP contribution in [0, 0.1) is 6.92 Å². The van der Waals surface area contributed by atoms with E-state index in [0.717, 1.165) is 6.07 Å². The van der Waals surface area contributed by atoms with Crippen LogP contribution in [0.15, 0.2) is 34.7 Å². The smallest absolute Gasteiger partial charge is 0.433 e. The van der Waals surface area contributed by atoms with Crippen LogP contribution in [-0.4, -0.2) is 18.7 Å². The van der Waals surface area contributed by atoms with Crippen LogP contribution in [0.25, 0.3) is 0 Å². The summed E-state index contributed by atoms with van der Waals surface area (Å²) in [7, 11) is 1.50. The number of alkyl halides is 3. The molecule has 0 aliphatic rings. The Balaban J connectivity index is 2.21. The van der Waals surface area contributed by atoms with E-state index < -0.39 is 17.9 Å². The maximum atomic E-state index is 12.6. The van der Waals surface area contributed by atoms with Crippen molar-refractivity contribution in [3.8, 4) is 0 Å². The first-order chi connectivity index (χ1) is 9.90. The number of nitrogens with one attached hydrogen (secondary N) is 1. The molecule has 2 aromatic rings. The van der Waals surface area contributed by atoms with Gasteiger partial charge in [-0.05, 0) is 31.2 Å². The van der Waals surface area contributed by atoms with Gasteiger partial charge in [0.15, 0.2) is 0 Å². The molecule has 0 amide bonds. The molecule has 0 saturated heterocycles. The topological polar surface area (TPSA) is 47.3 Å². The van der Waals surface area contributed by atoms with E-state index in [1.807, 2.05) is 0 Å². The van der Waals surface area contributed by atoms with Crippen LogP contribution in [0.1, 0.15) is 23.3 Å². The van der Waals surface area contributed by atoms with Crippen LogP contribution in [0.2, 0.25) is 0 Å². The Morgan fingerprint density at radius 2 is 2.05 bits per heavy atom. The Labute approximate surface area is 119 Å². The second-order valence-corrected chi connectivity index (χ2v) is 4.51. The number of hydrogen-bond acceptors (Lipinski definition) is 4. The van der Waals surface area contributed by atoms with Gasteiger partial charge in [-0.3, -0.25) is 0 Å². The molecule has 114 valence electrons. The molecule has 1 atom stereocenters. The molecule has 7 heteroatoms. The highest BCUT2D eigenvalue weighted by atomic mass is 19.4. The van der Waals surface area contributed by atoms with Crippen LogP contribution in [0.3, 0.4) is 0 Å². The monoisotopic (exact) mass is 300 g/mol. The van der Waals surface area contributed by atoms with E-state index in [2.05, 4.69) is 10.3 Å². The van der Waals surface area contributed by atoms with E-state index in [9.17, 15) is 13.2 Å². The van der Waals surface area contributed by atoms with E-state index in [4.69, 9.17) is 9.15 Å². The predicted molar refractivity (Wildman–Crippen MR) is 70.9 cm³/mol.